The molecule has 0 atom stereocenters. The second kappa shape index (κ2) is 3.69. The Kier molecular flexibility index (Phi) is 2.78. The van der Waals surface area contributed by atoms with Gasteiger partial charge in [-0.2, -0.15) is 0 Å². The molecular weight excluding hydrogens is 195 g/mol. The van der Waals surface area contributed by atoms with Gasteiger partial charge in [-0.15, -0.1) is 0 Å². The molecule has 0 radical (unpaired) electrons. The van der Waals surface area contributed by atoms with Crippen LogP contribution in [0.2, 0.25) is 0 Å². The Morgan fingerprint density at radius 2 is 2.00 bits per heavy atom. The minimum Gasteiger partial charge on any atom is -0.396 e. The Morgan fingerprint density at radius 3 is 2.43 bits per heavy atom. The Hall–Kier alpha value is -1.52. The van der Waals surface area contributed by atoms with E-state index in [4.69, 9.17) is 5.73 Å². The van der Waals surface area contributed by atoms with Crippen LogP contribution in [-0.2, 0) is 0 Å². The molecule has 1 aromatic rings. The largest absolute Gasteiger partial charge is 0.396 e. The van der Waals surface area contributed by atoms with Crippen molar-refractivity contribution in [2.45, 2.75) is 13.3 Å². The van der Waals surface area contributed by atoms with E-state index in [-0.39, 0.29) is 5.56 Å². The number of anilines is 1. The van der Waals surface area contributed by atoms with E-state index in [0.717, 1.165) is 12.1 Å². The Morgan fingerprint density at radius 1 is 1.43 bits per heavy atom. The second-order valence-corrected chi connectivity index (χ2v) is 2.79. The molecule has 0 aliphatic rings. The molecule has 14 heavy (non-hydrogen) atoms. The van der Waals surface area contributed by atoms with Gasteiger partial charge in [0.25, 0.3) is 6.43 Å². The van der Waals surface area contributed by atoms with Gasteiger partial charge in [0.15, 0.2) is 11.6 Å². The number of carbonyl (C=O) groups is 1. The first-order chi connectivity index (χ1) is 6.45. The standard InChI is InChI=1S/C9H8F3NO/c1-4(14)5-2-3-6(9(11)12)7(10)8(5)13/h2-3,9H,13H2,1H3. The van der Waals surface area contributed by atoms with Crippen molar-refractivity contribution in [3.05, 3.63) is 29.1 Å². The molecule has 2 nitrogen and oxygen atoms in total. The number of carbonyl (C=O) groups excluding carboxylic acids is 1. The number of nitrogen functional groups attached to an aromatic ring is 1. The Labute approximate surface area is 78.5 Å². The molecule has 0 aliphatic carbocycles. The molecule has 0 unspecified atom stereocenters. The molecule has 76 valence electrons. The van der Waals surface area contributed by atoms with E-state index in [2.05, 4.69) is 0 Å². The topological polar surface area (TPSA) is 43.1 Å². The number of benzene rings is 1. The Bertz CT molecular complexity index is 377. The zero-order valence-electron chi connectivity index (χ0n) is 7.35. The van der Waals surface area contributed by atoms with Gasteiger partial charge in [-0.05, 0) is 19.1 Å². The first-order valence-corrected chi connectivity index (χ1v) is 3.82. The van der Waals surface area contributed by atoms with Crippen LogP contribution in [0.5, 0.6) is 0 Å². The lowest BCUT2D eigenvalue weighted by Crippen LogP contribution is -2.05. The maximum absolute atomic E-state index is 13.1. The van der Waals surface area contributed by atoms with Crippen LogP contribution in [0.25, 0.3) is 0 Å². The summed E-state index contributed by atoms with van der Waals surface area (Å²) in [6.07, 6.45) is -2.93. The summed E-state index contributed by atoms with van der Waals surface area (Å²) >= 11 is 0. The van der Waals surface area contributed by atoms with Crippen LogP contribution in [-0.4, -0.2) is 5.78 Å². The van der Waals surface area contributed by atoms with Crippen molar-refractivity contribution >= 4 is 11.5 Å². The fourth-order valence-electron chi connectivity index (χ4n) is 1.09. The number of nitrogens with two attached hydrogens (primary N) is 1. The van der Waals surface area contributed by atoms with Crippen LogP contribution in [0.1, 0.15) is 29.3 Å². The van der Waals surface area contributed by atoms with Crippen LogP contribution < -0.4 is 5.73 Å². The molecular formula is C9H8F3NO. The highest BCUT2D eigenvalue weighted by Crippen LogP contribution is 2.27. The third-order valence-corrected chi connectivity index (χ3v) is 1.82. The quantitative estimate of drug-likeness (QED) is 0.592. The molecule has 0 fully saturated rings. The number of Topliss-reactive ketones (excluding diaryl/α,β-unsaturated/α-hetero) is 1. The average Bonchev–Trinajstić information content (AvgIpc) is 2.08. The molecule has 0 amide bonds. The second-order valence-electron chi connectivity index (χ2n) is 2.79. The van der Waals surface area contributed by atoms with Crippen molar-refractivity contribution in [1.29, 1.82) is 0 Å². The summed E-state index contributed by atoms with van der Waals surface area (Å²) in [5.41, 5.74) is 3.81. The summed E-state index contributed by atoms with van der Waals surface area (Å²) in [5, 5.41) is 0. The predicted molar refractivity (Wildman–Crippen MR) is 45.8 cm³/mol. The minimum absolute atomic E-state index is 0.0769. The SMILES string of the molecule is CC(=O)c1ccc(C(F)F)c(F)c1N. The van der Waals surface area contributed by atoms with Crippen molar-refractivity contribution < 1.29 is 18.0 Å². The van der Waals surface area contributed by atoms with Crippen LogP contribution in [0.15, 0.2) is 12.1 Å². The predicted octanol–water partition coefficient (Wildman–Crippen LogP) is 2.55. The number of hydrogen-bond acceptors (Lipinski definition) is 2. The molecule has 0 aromatic heterocycles. The lowest BCUT2D eigenvalue weighted by molar-refractivity contribution is 0.101. The molecule has 0 heterocycles. The average molecular weight is 203 g/mol. The number of halogens is 3. The minimum atomic E-state index is -2.93. The molecule has 5 heteroatoms. The summed E-state index contributed by atoms with van der Waals surface area (Å²) in [6, 6.07) is 1.97. The highest BCUT2D eigenvalue weighted by molar-refractivity contribution is 5.99. The maximum atomic E-state index is 13.1. The fraction of sp³-hybridized carbons (Fsp3) is 0.222. The summed E-state index contributed by atoms with van der Waals surface area (Å²) in [5.74, 6) is -1.67. The summed E-state index contributed by atoms with van der Waals surface area (Å²) < 4.78 is 37.4. The van der Waals surface area contributed by atoms with E-state index < -0.39 is 29.3 Å². The highest BCUT2D eigenvalue weighted by Gasteiger charge is 2.18. The van der Waals surface area contributed by atoms with Crippen LogP contribution >= 0.6 is 0 Å². The van der Waals surface area contributed by atoms with E-state index in [1.807, 2.05) is 0 Å². The van der Waals surface area contributed by atoms with Gasteiger partial charge >= 0.3 is 0 Å². The van der Waals surface area contributed by atoms with E-state index in [0.29, 0.717) is 0 Å². The van der Waals surface area contributed by atoms with Gasteiger partial charge in [-0.3, -0.25) is 4.79 Å². The van der Waals surface area contributed by atoms with Crippen LogP contribution in [0.3, 0.4) is 0 Å². The zero-order valence-corrected chi connectivity index (χ0v) is 7.35. The first kappa shape index (κ1) is 10.6. The number of rotatable bonds is 2. The first-order valence-electron chi connectivity index (χ1n) is 3.82. The number of hydrogen-bond donors (Lipinski definition) is 1. The molecule has 0 saturated carbocycles. The van der Waals surface area contributed by atoms with Gasteiger partial charge < -0.3 is 5.73 Å². The van der Waals surface area contributed by atoms with E-state index in [1.54, 1.807) is 0 Å². The highest BCUT2D eigenvalue weighted by atomic mass is 19.3. The number of ketones is 1. The molecule has 0 saturated heterocycles. The third kappa shape index (κ3) is 1.71. The summed E-state index contributed by atoms with van der Waals surface area (Å²) in [6.45, 7) is 1.19. The van der Waals surface area contributed by atoms with Crippen molar-refractivity contribution in [3.8, 4) is 0 Å². The summed E-state index contributed by atoms with van der Waals surface area (Å²) in [7, 11) is 0. The van der Waals surface area contributed by atoms with E-state index in [9.17, 15) is 18.0 Å². The maximum Gasteiger partial charge on any atom is 0.266 e. The van der Waals surface area contributed by atoms with E-state index in [1.165, 1.54) is 6.92 Å². The van der Waals surface area contributed by atoms with Gasteiger partial charge in [0.2, 0.25) is 0 Å². The molecule has 1 aromatic carbocycles. The normalized spacial score (nSPS) is 10.6. The van der Waals surface area contributed by atoms with Crippen LogP contribution in [0, 0.1) is 5.82 Å². The smallest absolute Gasteiger partial charge is 0.266 e. The Balaban J connectivity index is 3.33. The van der Waals surface area contributed by atoms with Gasteiger partial charge in [-0.25, -0.2) is 13.2 Å². The fourth-order valence-corrected chi connectivity index (χ4v) is 1.09. The number of alkyl halides is 2. The lowest BCUT2D eigenvalue weighted by atomic mass is 10.1. The van der Waals surface area contributed by atoms with Crippen LogP contribution in [0.4, 0.5) is 18.9 Å². The third-order valence-electron chi connectivity index (χ3n) is 1.82. The van der Waals surface area contributed by atoms with E-state index >= 15 is 0 Å². The summed E-state index contributed by atoms with van der Waals surface area (Å²) in [4.78, 5) is 10.9. The van der Waals surface area contributed by atoms with Gasteiger partial charge in [0.05, 0.1) is 11.3 Å². The molecule has 0 bridgehead atoms. The van der Waals surface area contributed by atoms with Crippen molar-refractivity contribution in [1.82, 2.24) is 0 Å². The van der Waals surface area contributed by atoms with Crippen molar-refractivity contribution in [3.63, 3.8) is 0 Å². The molecule has 2 N–H and O–H groups in total. The van der Waals surface area contributed by atoms with Gasteiger partial charge in [0.1, 0.15) is 0 Å². The lowest BCUT2D eigenvalue weighted by Gasteiger charge is -2.07. The van der Waals surface area contributed by atoms with Crippen molar-refractivity contribution in [2.75, 3.05) is 5.73 Å². The monoisotopic (exact) mass is 203 g/mol. The zero-order chi connectivity index (χ0) is 10.9. The van der Waals surface area contributed by atoms with Crippen molar-refractivity contribution in [2.24, 2.45) is 0 Å². The molecule has 0 aliphatic heterocycles. The molecule has 0 spiro atoms. The van der Waals surface area contributed by atoms with Gasteiger partial charge in [-0.1, -0.05) is 0 Å². The van der Waals surface area contributed by atoms with Gasteiger partial charge in [0, 0.05) is 5.56 Å². The molecule has 1 rings (SSSR count).